The maximum Gasteiger partial charge on any atom is 0.321 e. The topological polar surface area (TPSA) is 97.8 Å². The van der Waals surface area contributed by atoms with Crippen molar-refractivity contribution in [3.05, 3.63) is 0 Å². The van der Waals surface area contributed by atoms with E-state index in [9.17, 15) is 21.6 Å². The predicted octanol–water partition coefficient (Wildman–Crippen LogP) is -0.366. The van der Waals surface area contributed by atoms with E-state index >= 15 is 0 Å². The van der Waals surface area contributed by atoms with Crippen molar-refractivity contribution in [1.29, 1.82) is 0 Å². The Kier molecular flexibility index (Phi) is 6.95. The van der Waals surface area contributed by atoms with Gasteiger partial charge in [0.05, 0.1) is 18.1 Å². The Morgan fingerprint density at radius 3 is 2.05 bits per heavy atom. The van der Waals surface area contributed by atoms with Gasteiger partial charge in [-0.05, 0) is 20.8 Å². The minimum Gasteiger partial charge on any atom is -0.465 e. The van der Waals surface area contributed by atoms with Gasteiger partial charge in [-0.1, -0.05) is 0 Å². The molecule has 0 rings (SSSR count). The number of carbonyl (C=O) groups is 1. The molecule has 0 aromatic heterocycles. The number of sulfone groups is 1. The van der Waals surface area contributed by atoms with Crippen molar-refractivity contribution < 1.29 is 26.4 Å². The van der Waals surface area contributed by atoms with Crippen LogP contribution in [0, 0.1) is 0 Å². The van der Waals surface area contributed by atoms with Crippen LogP contribution in [0.5, 0.6) is 0 Å². The van der Waals surface area contributed by atoms with Crippen molar-refractivity contribution in [3.63, 3.8) is 0 Å². The third-order valence-electron chi connectivity index (χ3n) is 2.24. The van der Waals surface area contributed by atoms with Gasteiger partial charge in [-0.15, -0.1) is 0 Å². The first kappa shape index (κ1) is 18.3. The maximum absolute atomic E-state index is 12.0. The standard InChI is InChI=1S/C10H21NO6S2/c1-5-17-10(12)8-11(9(2)3)19(15,16)7-6-18(4,13)14/h9H,5-8H2,1-4H3. The lowest BCUT2D eigenvalue weighted by molar-refractivity contribution is -0.143. The van der Waals surface area contributed by atoms with Crippen LogP contribution in [0.25, 0.3) is 0 Å². The molecule has 0 aliphatic rings. The summed E-state index contributed by atoms with van der Waals surface area (Å²) in [6.45, 7) is 4.59. The molecule has 0 bridgehead atoms. The highest BCUT2D eigenvalue weighted by Gasteiger charge is 2.28. The molecule has 0 saturated heterocycles. The summed E-state index contributed by atoms with van der Waals surface area (Å²) in [4.78, 5) is 11.4. The number of ether oxygens (including phenoxy) is 1. The van der Waals surface area contributed by atoms with E-state index in [0.717, 1.165) is 10.6 Å². The number of hydrogen-bond acceptors (Lipinski definition) is 6. The van der Waals surface area contributed by atoms with Gasteiger partial charge in [0.1, 0.15) is 16.4 Å². The first-order valence-electron chi connectivity index (χ1n) is 5.82. The van der Waals surface area contributed by atoms with Crippen molar-refractivity contribution in [2.45, 2.75) is 26.8 Å². The van der Waals surface area contributed by atoms with Crippen molar-refractivity contribution in [1.82, 2.24) is 4.31 Å². The van der Waals surface area contributed by atoms with Gasteiger partial charge in [0.15, 0.2) is 0 Å². The summed E-state index contributed by atoms with van der Waals surface area (Å²) < 4.78 is 51.7. The van der Waals surface area contributed by atoms with Crippen molar-refractivity contribution in [2.75, 3.05) is 30.9 Å². The maximum atomic E-state index is 12.0. The second kappa shape index (κ2) is 7.20. The Morgan fingerprint density at radius 1 is 1.16 bits per heavy atom. The SMILES string of the molecule is CCOC(=O)CN(C(C)C)S(=O)(=O)CCS(C)(=O)=O. The molecule has 0 N–H and O–H groups in total. The van der Waals surface area contributed by atoms with E-state index in [1.807, 2.05) is 0 Å². The summed E-state index contributed by atoms with van der Waals surface area (Å²) >= 11 is 0. The molecule has 0 aliphatic carbocycles. The highest BCUT2D eigenvalue weighted by atomic mass is 32.2. The zero-order valence-corrected chi connectivity index (χ0v) is 13.3. The zero-order valence-electron chi connectivity index (χ0n) is 11.6. The lowest BCUT2D eigenvalue weighted by Gasteiger charge is -2.24. The normalized spacial score (nSPS) is 12.9. The minimum absolute atomic E-state index is 0.161. The molecule has 7 nitrogen and oxygen atoms in total. The molecule has 0 saturated carbocycles. The Morgan fingerprint density at radius 2 is 1.68 bits per heavy atom. The van der Waals surface area contributed by atoms with E-state index in [-0.39, 0.29) is 6.61 Å². The summed E-state index contributed by atoms with van der Waals surface area (Å²) in [6.07, 6.45) is 0.966. The third kappa shape index (κ3) is 7.48. The molecule has 0 amide bonds. The summed E-state index contributed by atoms with van der Waals surface area (Å²) in [5, 5.41) is 0. The highest BCUT2D eigenvalue weighted by molar-refractivity contribution is 7.93. The van der Waals surface area contributed by atoms with Crippen molar-refractivity contribution >= 4 is 25.8 Å². The number of nitrogens with zero attached hydrogens (tertiary/aromatic N) is 1. The second-order valence-electron chi connectivity index (χ2n) is 4.39. The molecule has 0 aromatic rings. The Hall–Kier alpha value is -0.670. The van der Waals surface area contributed by atoms with E-state index in [0.29, 0.717) is 0 Å². The van der Waals surface area contributed by atoms with Crippen molar-refractivity contribution in [3.8, 4) is 0 Å². The summed E-state index contributed by atoms with van der Waals surface area (Å²) in [5.41, 5.74) is 0. The van der Waals surface area contributed by atoms with Crippen LogP contribution in [0.15, 0.2) is 0 Å². The van der Waals surface area contributed by atoms with Gasteiger partial charge in [-0.2, -0.15) is 4.31 Å². The van der Waals surface area contributed by atoms with Gasteiger partial charge in [-0.3, -0.25) is 4.79 Å². The van der Waals surface area contributed by atoms with Gasteiger partial charge in [0.2, 0.25) is 10.0 Å². The number of hydrogen-bond donors (Lipinski definition) is 0. The molecule has 0 aromatic carbocycles. The first-order chi connectivity index (χ1) is 8.49. The quantitative estimate of drug-likeness (QED) is 0.567. The average molecular weight is 315 g/mol. The molecule has 0 heterocycles. The highest BCUT2D eigenvalue weighted by Crippen LogP contribution is 2.08. The lowest BCUT2D eigenvalue weighted by Crippen LogP contribution is -2.43. The molecule has 0 radical (unpaired) electrons. The molecular weight excluding hydrogens is 294 g/mol. The van der Waals surface area contributed by atoms with Crippen LogP contribution in [-0.2, 0) is 29.4 Å². The Labute approximate surface area is 114 Å². The van der Waals surface area contributed by atoms with Crippen LogP contribution in [-0.4, -0.2) is 64.1 Å². The molecule has 0 atom stereocenters. The van der Waals surface area contributed by atoms with Crippen molar-refractivity contribution in [2.24, 2.45) is 0 Å². The summed E-state index contributed by atoms with van der Waals surface area (Å²) in [5.74, 6) is -1.66. The van der Waals surface area contributed by atoms with Crippen LogP contribution in [0.1, 0.15) is 20.8 Å². The molecule has 0 unspecified atom stereocenters. The minimum atomic E-state index is -3.81. The van der Waals surface area contributed by atoms with Gasteiger partial charge in [-0.25, -0.2) is 16.8 Å². The molecule has 114 valence electrons. The molecule has 9 heteroatoms. The molecule has 0 spiro atoms. The number of rotatable bonds is 8. The Balaban J connectivity index is 4.91. The summed E-state index contributed by atoms with van der Waals surface area (Å²) in [6, 6.07) is -0.450. The van der Waals surface area contributed by atoms with E-state index < -0.39 is 49.9 Å². The van der Waals surface area contributed by atoms with Gasteiger partial charge in [0, 0.05) is 12.3 Å². The molecule has 0 fully saturated rings. The van der Waals surface area contributed by atoms with E-state index in [2.05, 4.69) is 0 Å². The van der Waals surface area contributed by atoms with Crippen LogP contribution in [0.4, 0.5) is 0 Å². The number of sulfonamides is 1. The fourth-order valence-electron chi connectivity index (χ4n) is 1.31. The Bertz CT molecular complexity index is 494. The first-order valence-corrected chi connectivity index (χ1v) is 9.49. The lowest BCUT2D eigenvalue weighted by atomic mass is 10.4. The predicted molar refractivity (Wildman–Crippen MR) is 72.0 cm³/mol. The van der Waals surface area contributed by atoms with Gasteiger partial charge < -0.3 is 4.74 Å². The monoisotopic (exact) mass is 315 g/mol. The third-order valence-corrected chi connectivity index (χ3v) is 5.43. The fraction of sp³-hybridized carbons (Fsp3) is 0.900. The number of carbonyl (C=O) groups excluding carboxylic acids is 1. The van der Waals surface area contributed by atoms with Crippen LogP contribution >= 0.6 is 0 Å². The number of esters is 1. The average Bonchev–Trinajstić information content (AvgIpc) is 2.22. The van der Waals surface area contributed by atoms with Gasteiger partial charge in [0.25, 0.3) is 0 Å². The van der Waals surface area contributed by atoms with E-state index in [4.69, 9.17) is 4.74 Å². The van der Waals surface area contributed by atoms with Crippen LogP contribution < -0.4 is 0 Å². The molecule has 0 aliphatic heterocycles. The van der Waals surface area contributed by atoms with Crippen LogP contribution in [0.2, 0.25) is 0 Å². The second-order valence-corrected chi connectivity index (χ2v) is 8.69. The summed E-state index contributed by atoms with van der Waals surface area (Å²) in [7, 11) is -7.19. The largest absolute Gasteiger partial charge is 0.465 e. The van der Waals surface area contributed by atoms with Crippen LogP contribution in [0.3, 0.4) is 0 Å². The molecule has 19 heavy (non-hydrogen) atoms. The van der Waals surface area contributed by atoms with E-state index in [1.165, 1.54) is 0 Å². The van der Waals surface area contributed by atoms with Gasteiger partial charge >= 0.3 is 5.97 Å². The smallest absolute Gasteiger partial charge is 0.321 e. The van der Waals surface area contributed by atoms with E-state index in [1.54, 1.807) is 20.8 Å². The zero-order chi connectivity index (χ0) is 15.3. The fourth-order valence-corrected chi connectivity index (χ4v) is 4.54. The molecular formula is C10H21NO6S2.